The van der Waals surface area contributed by atoms with E-state index in [1.807, 2.05) is 24.3 Å². The van der Waals surface area contributed by atoms with Crippen molar-refractivity contribution in [3.8, 4) is 11.4 Å². The molecular weight excluding hydrogens is 355 g/mol. The second kappa shape index (κ2) is 8.57. The summed E-state index contributed by atoms with van der Waals surface area (Å²) in [6.07, 6.45) is 1.05. The third kappa shape index (κ3) is 4.26. The third-order valence-electron chi connectivity index (χ3n) is 3.70. The van der Waals surface area contributed by atoms with Gasteiger partial charge >= 0.3 is 0 Å². The zero-order chi connectivity index (χ0) is 18.4. The number of carbonyl (C=O) groups is 1. The van der Waals surface area contributed by atoms with Gasteiger partial charge in [0.15, 0.2) is 5.78 Å². The highest BCUT2D eigenvalue weighted by atomic mass is 32.2. The number of benzene rings is 2. The normalized spacial score (nSPS) is 10.7. The predicted molar refractivity (Wildman–Crippen MR) is 96.4 cm³/mol. The van der Waals surface area contributed by atoms with Crippen LogP contribution in [0.5, 0.6) is 5.75 Å². The molecule has 2 aromatic carbocycles. The lowest BCUT2D eigenvalue weighted by Crippen LogP contribution is -2.03. The van der Waals surface area contributed by atoms with Crippen LogP contribution in [0, 0.1) is 5.82 Å². The number of para-hydroxylation sites is 2. The largest absolute Gasteiger partial charge is 0.494 e. The molecule has 0 fully saturated rings. The van der Waals surface area contributed by atoms with E-state index in [9.17, 15) is 9.18 Å². The van der Waals surface area contributed by atoms with Crippen molar-refractivity contribution < 1.29 is 13.9 Å². The molecule has 0 atom stereocenters. The van der Waals surface area contributed by atoms with Crippen LogP contribution in [0.15, 0.2) is 53.7 Å². The van der Waals surface area contributed by atoms with E-state index in [4.69, 9.17) is 4.74 Å². The maximum absolute atomic E-state index is 12.9. The molecule has 0 aliphatic rings. The summed E-state index contributed by atoms with van der Waals surface area (Å²) in [7, 11) is 1.59. The molecule has 0 bridgehead atoms. The van der Waals surface area contributed by atoms with E-state index in [1.165, 1.54) is 36.0 Å². The standard InChI is InChI=1S/C18H17FN4O2S/c1-25-17-7-3-2-5-15(17)23-18(20-21-22-23)26-12-4-6-16(24)13-8-10-14(19)11-9-13/h2-3,5,7-11H,4,6,12H2,1H3. The number of tetrazole rings is 1. The molecule has 3 rings (SSSR count). The molecule has 0 N–H and O–H groups in total. The van der Waals surface area contributed by atoms with Crippen LogP contribution in [0.4, 0.5) is 4.39 Å². The predicted octanol–water partition coefficient (Wildman–Crippen LogP) is 3.57. The van der Waals surface area contributed by atoms with Gasteiger partial charge in [0.1, 0.15) is 17.3 Å². The fraction of sp³-hybridized carbons (Fsp3) is 0.222. The number of hydrogen-bond acceptors (Lipinski definition) is 6. The molecule has 0 amide bonds. The number of ketones is 1. The van der Waals surface area contributed by atoms with Crippen molar-refractivity contribution in [3.05, 3.63) is 59.9 Å². The van der Waals surface area contributed by atoms with Crippen molar-refractivity contribution in [2.75, 3.05) is 12.9 Å². The summed E-state index contributed by atoms with van der Waals surface area (Å²) in [5.41, 5.74) is 1.28. The van der Waals surface area contributed by atoms with Crippen LogP contribution in [0.1, 0.15) is 23.2 Å². The van der Waals surface area contributed by atoms with E-state index < -0.39 is 0 Å². The average Bonchev–Trinajstić information content (AvgIpc) is 3.14. The summed E-state index contributed by atoms with van der Waals surface area (Å²) in [4.78, 5) is 12.1. The number of thioether (sulfide) groups is 1. The van der Waals surface area contributed by atoms with Gasteiger partial charge in [-0.15, -0.1) is 5.10 Å². The number of ether oxygens (including phenoxy) is 1. The van der Waals surface area contributed by atoms with E-state index in [1.54, 1.807) is 11.8 Å². The van der Waals surface area contributed by atoms with Crippen LogP contribution in [0.25, 0.3) is 5.69 Å². The molecular formula is C18H17FN4O2S. The first-order valence-electron chi connectivity index (χ1n) is 8.02. The first kappa shape index (κ1) is 18.1. The smallest absolute Gasteiger partial charge is 0.214 e. The molecule has 0 radical (unpaired) electrons. The number of hydrogen-bond donors (Lipinski definition) is 0. The fourth-order valence-corrected chi connectivity index (χ4v) is 3.22. The van der Waals surface area contributed by atoms with Gasteiger partial charge in [0, 0.05) is 17.7 Å². The summed E-state index contributed by atoms with van der Waals surface area (Å²) < 4.78 is 19.9. The first-order valence-corrected chi connectivity index (χ1v) is 9.01. The minimum Gasteiger partial charge on any atom is -0.494 e. The van der Waals surface area contributed by atoms with Crippen molar-refractivity contribution in [1.29, 1.82) is 0 Å². The van der Waals surface area contributed by atoms with Gasteiger partial charge in [-0.3, -0.25) is 4.79 Å². The molecule has 6 nitrogen and oxygen atoms in total. The van der Waals surface area contributed by atoms with Crippen LogP contribution in [-0.2, 0) is 0 Å². The Morgan fingerprint density at radius 3 is 2.73 bits per heavy atom. The molecule has 26 heavy (non-hydrogen) atoms. The zero-order valence-electron chi connectivity index (χ0n) is 14.1. The van der Waals surface area contributed by atoms with Crippen LogP contribution in [0.3, 0.4) is 0 Å². The molecule has 0 spiro atoms. The topological polar surface area (TPSA) is 69.9 Å². The van der Waals surface area contributed by atoms with Crippen LogP contribution in [-0.4, -0.2) is 38.9 Å². The second-order valence-corrected chi connectivity index (χ2v) is 6.49. The van der Waals surface area contributed by atoms with Gasteiger partial charge in [-0.2, -0.15) is 4.68 Å². The number of carbonyl (C=O) groups excluding carboxylic acids is 1. The van der Waals surface area contributed by atoms with Crippen LogP contribution < -0.4 is 4.74 Å². The van der Waals surface area contributed by atoms with Gasteiger partial charge in [-0.1, -0.05) is 23.9 Å². The Bertz CT molecular complexity index is 883. The Labute approximate surface area is 154 Å². The molecule has 0 aliphatic carbocycles. The van der Waals surface area contributed by atoms with Gasteiger partial charge in [0.2, 0.25) is 5.16 Å². The van der Waals surface area contributed by atoms with Gasteiger partial charge in [-0.25, -0.2) is 4.39 Å². The van der Waals surface area contributed by atoms with Gasteiger partial charge in [0.25, 0.3) is 0 Å². The first-order chi connectivity index (χ1) is 12.7. The number of methoxy groups -OCH3 is 1. The monoisotopic (exact) mass is 372 g/mol. The number of rotatable bonds is 8. The molecule has 1 heterocycles. The molecule has 0 aliphatic heterocycles. The van der Waals surface area contributed by atoms with Gasteiger partial charge in [0.05, 0.1) is 7.11 Å². The fourth-order valence-electron chi connectivity index (χ4n) is 2.40. The summed E-state index contributed by atoms with van der Waals surface area (Å²) >= 11 is 1.47. The number of aromatic nitrogens is 4. The molecule has 0 saturated carbocycles. The van der Waals surface area contributed by atoms with E-state index in [0.717, 1.165) is 5.69 Å². The minimum atomic E-state index is -0.347. The molecule has 8 heteroatoms. The summed E-state index contributed by atoms with van der Waals surface area (Å²) in [5.74, 6) is 1.01. The zero-order valence-corrected chi connectivity index (χ0v) is 14.9. The minimum absolute atomic E-state index is 0.00470. The molecule has 0 saturated heterocycles. The SMILES string of the molecule is COc1ccccc1-n1nnnc1SCCCC(=O)c1ccc(F)cc1. The number of Topliss-reactive ketones (excluding diaryl/α,β-unsaturated/α-hetero) is 1. The lowest BCUT2D eigenvalue weighted by molar-refractivity contribution is 0.0982. The molecule has 1 aromatic heterocycles. The summed E-state index contributed by atoms with van der Waals surface area (Å²) in [5, 5.41) is 12.4. The Morgan fingerprint density at radius 2 is 1.96 bits per heavy atom. The highest BCUT2D eigenvalue weighted by Crippen LogP contribution is 2.26. The molecule has 0 unspecified atom stereocenters. The Hall–Kier alpha value is -2.74. The van der Waals surface area contributed by atoms with Crippen molar-refractivity contribution in [1.82, 2.24) is 20.2 Å². The quantitative estimate of drug-likeness (QED) is 0.342. The summed E-state index contributed by atoms with van der Waals surface area (Å²) in [6.45, 7) is 0. The Kier molecular flexibility index (Phi) is 5.96. The van der Waals surface area contributed by atoms with Crippen LogP contribution in [0.2, 0.25) is 0 Å². The average molecular weight is 372 g/mol. The molecule has 3 aromatic rings. The number of nitrogens with zero attached hydrogens (tertiary/aromatic N) is 4. The van der Waals surface area contributed by atoms with Crippen LogP contribution >= 0.6 is 11.8 Å². The van der Waals surface area contributed by atoms with Crippen molar-refractivity contribution in [3.63, 3.8) is 0 Å². The Balaban J connectivity index is 1.57. The number of halogens is 1. The highest BCUT2D eigenvalue weighted by molar-refractivity contribution is 7.99. The van der Waals surface area contributed by atoms with Crippen molar-refractivity contribution in [2.24, 2.45) is 0 Å². The van der Waals surface area contributed by atoms with Gasteiger partial charge in [-0.05, 0) is 53.2 Å². The van der Waals surface area contributed by atoms with E-state index in [2.05, 4.69) is 15.5 Å². The summed E-state index contributed by atoms with van der Waals surface area (Å²) in [6, 6.07) is 13.1. The lowest BCUT2D eigenvalue weighted by Gasteiger charge is -2.08. The van der Waals surface area contributed by atoms with Crippen molar-refractivity contribution >= 4 is 17.5 Å². The van der Waals surface area contributed by atoms with E-state index in [0.29, 0.717) is 35.1 Å². The maximum Gasteiger partial charge on any atom is 0.214 e. The van der Waals surface area contributed by atoms with Crippen molar-refractivity contribution in [2.45, 2.75) is 18.0 Å². The second-order valence-electron chi connectivity index (χ2n) is 5.43. The Morgan fingerprint density at radius 1 is 1.19 bits per heavy atom. The van der Waals surface area contributed by atoms with E-state index in [-0.39, 0.29) is 11.6 Å². The van der Waals surface area contributed by atoms with E-state index >= 15 is 0 Å². The lowest BCUT2D eigenvalue weighted by atomic mass is 10.1. The van der Waals surface area contributed by atoms with Gasteiger partial charge < -0.3 is 4.74 Å². The highest BCUT2D eigenvalue weighted by Gasteiger charge is 2.13. The molecule has 134 valence electrons. The maximum atomic E-state index is 12.9. The third-order valence-corrected chi connectivity index (χ3v) is 4.71.